The number of thiophene rings is 1. The number of hydrogen-bond donors (Lipinski definition) is 0. The van der Waals surface area contributed by atoms with Gasteiger partial charge in [-0.25, -0.2) is 9.97 Å². The molecule has 0 aliphatic carbocycles. The van der Waals surface area contributed by atoms with Crippen molar-refractivity contribution < 1.29 is 4.79 Å². The van der Waals surface area contributed by atoms with E-state index in [0.717, 1.165) is 16.9 Å². The monoisotopic (exact) mass is 305 g/mol. The third-order valence-corrected chi connectivity index (χ3v) is 4.60. The molecule has 4 rings (SSSR count). The number of aldehydes is 1. The van der Waals surface area contributed by atoms with Crippen LogP contribution in [-0.2, 0) is 0 Å². The fourth-order valence-corrected chi connectivity index (χ4v) is 3.55. The maximum Gasteiger partial charge on any atom is 0.234 e. The van der Waals surface area contributed by atoms with E-state index in [1.54, 1.807) is 40.4 Å². The highest BCUT2D eigenvalue weighted by Crippen LogP contribution is 2.35. The third-order valence-electron chi connectivity index (χ3n) is 3.46. The highest BCUT2D eigenvalue weighted by molar-refractivity contribution is 7.22. The Morgan fingerprint density at radius 2 is 1.82 bits per heavy atom. The number of rotatable bonds is 3. The topological polar surface area (TPSA) is 47.8 Å². The van der Waals surface area contributed by atoms with Gasteiger partial charge in [-0.1, -0.05) is 18.2 Å². The lowest BCUT2D eigenvalue weighted by molar-refractivity contribution is 0.111. The van der Waals surface area contributed by atoms with Crippen molar-refractivity contribution in [3.05, 3.63) is 66.6 Å². The van der Waals surface area contributed by atoms with E-state index in [1.165, 1.54) is 10.1 Å². The molecule has 4 aromatic rings. The predicted molar refractivity (Wildman–Crippen MR) is 87.6 cm³/mol. The highest BCUT2D eigenvalue weighted by atomic mass is 32.1. The molecule has 3 aromatic heterocycles. The Bertz CT molecular complexity index is 923. The molecule has 1 aromatic carbocycles. The number of fused-ring (bicyclic) bond motifs is 1. The van der Waals surface area contributed by atoms with E-state index < -0.39 is 0 Å². The Morgan fingerprint density at radius 3 is 2.59 bits per heavy atom. The van der Waals surface area contributed by atoms with Gasteiger partial charge in [0.15, 0.2) is 6.29 Å². The van der Waals surface area contributed by atoms with Crippen molar-refractivity contribution in [1.29, 1.82) is 0 Å². The molecular weight excluding hydrogens is 294 g/mol. The second-order valence-electron chi connectivity index (χ2n) is 4.79. The van der Waals surface area contributed by atoms with E-state index >= 15 is 0 Å². The van der Waals surface area contributed by atoms with Crippen molar-refractivity contribution in [2.75, 3.05) is 0 Å². The fourth-order valence-electron chi connectivity index (χ4n) is 2.47. The molecule has 4 nitrogen and oxygen atoms in total. The van der Waals surface area contributed by atoms with Crippen molar-refractivity contribution in [2.24, 2.45) is 0 Å². The van der Waals surface area contributed by atoms with Crippen molar-refractivity contribution in [1.82, 2.24) is 14.5 Å². The molecule has 0 saturated carbocycles. The molecule has 0 amide bonds. The molecule has 0 fully saturated rings. The largest absolute Gasteiger partial charge is 0.296 e. The Kier molecular flexibility index (Phi) is 3.05. The molecule has 0 atom stereocenters. The van der Waals surface area contributed by atoms with Gasteiger partial charge in [0.2, 0.25) is 5.95 Å². The highest BCUT2D eigenvalue weighted by Gasteiger charge is 2.15. The molecule has 0 N–H and O–H groups in total. The maximum atomic E-state index is 11.3. The zero-order valence-electron chi connectivity index (χ0n) is 11.5. The van der Waals surface area contributed by atoms with Gasteiger partial charge in [-0.2, -0.15) is 0 Å². The fraction of sp³-hybridized carbons (Fsp3) is 0. The summed E-state index contributed by atoms with van der Waals surface area (Å²) in [7, 11) is 0. The Labute approximate surface area is 130 Å². The molecule has 0 aliphatic heterocycles. The van der Waals surface area contributed by atoms with Crippen LogP contribution in [0.1, 0.15) is 10.5 Å². The first-order valence-corrected chi connectivity index (χ1v) is 7.62. The number of benzene rings is 1. The first kappa shape index (κ1) is 12.9. The first-order chi connectivity index (χ1) is 10.9. The van der Waals surface area contributed by atoms with Crippen LogP contribution in [0.15, 0.2) is 60.9 Å². The SMILES string of the molecule is O=Cc1ccc(-c2cc3ccccc3s2)n1-c1ncccn1. The summed E-state index contributed by atoms with van der Waals surface area (Å²) >= 11 is 1.69. The van der Waals surface area contributed by atoms with E-state index in [2.05, 4.69) is 28.2 Å². The van der Waals surface area contributed by atoms with Crippen molar-refractivity contribution in [3.8, 4) is 16.5 Å². The number of nitrogens with zero attached hydrogens (tertiary/aromatic N) is 3. The van der Waals surface area contributed by atoms with E-state index in [0.29, 0.717) is 11.6 Å². The third kappa shape index (κ3) is 2.03. The molecule has 0 aliphatic rings. The second-order valence-corrected chi connectivity index (χ2v) is 5.88. The molecule has 0 spiro atoms. The Morgan fingerprint density at radius 1 is 1.00 bits per heavy atom. The van der Waals surface area contributed by atoms with Gasteiger partial charge in [-0.3, -0.25) is 9.36 Å². The summed E-state index contributed by atoms with van der Waals surface area (Å²) in [6.07, 6.45) is 4.17. The van der Waals surface area contributed by atoms with Gasteiger partial charge >= 0.3 is 0 Å². The molecule has 22 heavy (non-hydrogen) atoms. The van der Waals surface area contributed by atoms with E-state index in [9.17, 15) is 4.79 Å². The van der Waals surface area contributed by atoms with Crippen LogP contribution >= 0.6 is 11.3 Å². The van der Waals surface area contributed by atoms with Crippen molar-refractivity contribution in [2.45, 2.75) is 0 Å². The summed E-state index contributed by atoms with van der Waals surface area (Å²) in [6.45, 7) is 0. The van der Waals surface area contributed by atoms with Crippen LogP contribution < -0.4 is 0 Å². The molecule has 106 valence electrons. The molecular formula is C17H11N3OS. The summed E-state index contributed by atoms with van der Waals surface area (Å²) in [5, 5.41) is 1.19. The molecule has 0 saturated heterocycles. The summed E-state index contributed by atoms with van der Waals surface area (Å²) in [4.78, 5) is 21.0. The average molecular weight is 305 g/mol. The van der Waals surface area contributed by atoms with Crippen LogP contribution in [0.3, 0.4) is 0 Å². The zero-order chi connectivity index (χ0) is 14.9. The molecule has 5 heteroatoms. The van der Waals surface area contributed by atoms with Gasteiger partial charge in [0.1, 0.15) is 0 Å². The van der Waals surface area contributed by atoms with E-state index in [1.807, 2.05) is 18.2 Å². The molecule has 0 radical (unpaired) electrons. The maximum absolute atomic E-state index is 11.3. The van der Waals surface area contributed by atoms with Crippen molar-refractivity contribution in [3.63, 3.8) is 0 Å². The van der Waals surface area contributed by atoms with Crippen LogP contribution in [0.25, 0.3) is 26.6 Å². The van der Waals surface area contributed by atoms with Crippen LogP contribution in [0.4, 0.5) is 0 Å². The van der Waals surface area contributed by atoms with Crippen LogP contribution in [-0.4, -0.2) is 20.8 Å². The van der Waals surface area contributed by atoms with Crippen LogP contribution in [0, 0.1) is 0 Å². The molecule has 0 unspecified atom stereocenters. The average Bonchev–Trinajstić information content (AvgIpc) is 3.18. The second kappa shape index (κ2) is 5.20. The normalized spacial score (nSPS) is 10.9. The minimum absolute atomic E-state index is 0.502. The van der Waals surface area contributed by atoms with E-state index in [-0.39, 0.29) is 0 Å². The van der Waals surface area contributed by atoms with Gasteiger partial charge in [0, 0.05) is 17.1 Å². The summed E-state index contributed by atoms with van der Waals surface area (Å²) in [5.41, 5.74) is 1.47. The minimum Gasteiger partial charge on any atom is -0.296 e. The number of carbonyl (C=O) groups excluding carboxylic acids is 1. The molecule has 0 bridgehead atoms. The van der Waals surface area contributed by atoms with Crippen LogP contribution in [0.5, 0.6) is 0 Å². The van der Waals surface area contributed by atoms with Crippen LogP contribution in [0.2, 0.25) is 0 Å². The predicted octanol–water partition coefficient (Wildman–Crippen LogP) is 3.96. The van der Waals surface area contributed by atoms with Gasteiger partial charge in [-0.15, -0.1) is 11.3 Å². The number of hydrogen-bond acceptors (Lipinski definition) is 4. The lowest BCUT2D eigenvalue weighted by Crippen LogP contribution is -2.05. The van der Waals surface area contributed by atoms with Gasteiger partial charge in [0.05, 0.1) is 16.3 Å². The zero-order valence-corrected chi connectivity index (χ0v) is 12.3. The summed E-state index contributed by atoms with van der Waals surface area (Å²) in [5.74, 6) is 0.502. The van der Waals surface area contributed by atoms with Gasteiger partial charge in [-0.05, 0) is 35.7 Å². The summed E-state index contributed by atoms with van der Waals surface area (Å²) in [6, 6.07) is 15.8. The van der Waals surface area contributed by atoms with Gasteiger partial charge < -0.3 is 0 Å². The number of aromatic nitrogens is 3. The van der Waals surface area contributed by atoms with E-state index in [4.69, 9.17) is 0 Å². The Hall–Kier alpha value is -2.79. The van der Waals surface area contributed by atoms with Crippen molar-refractivity contribution >= 4 is 27.7 Å². The van der Waals surface area contributed by atoms with Gasteiger partial charge in [0.25, 0.3) is 0 Å². The lowest BCUT2D eigenvalue weighted by Gasteiger charge is -2.07. The standard InChI is InChI=1S/C17H11N3OS/c21-11-13-6-7-14(20(13)17-18-8-3-9-19-17)16-10-12-4-1-2-5-15(12)22-16/h1-11H. The summed E-state index contributed by atoms with van der Waals surface area (Å²) < 4.78 is 3.00. The number of carbonyl (C=O) groups is 1. The first-order valence-electron chi connectivity index (χ1n) is 6.80. The Balaban J connectivity index is 1.96. The molecule has 3 heterocycles. The lowest BCUT2D eigenvalue weighted by atomic mass is 10.2. The smallest absolute Gasteiger partial charge is 0.234 e. The minimum atomic E-state index is 0.502. The quantitative estimate of drug-likeness (QED) is 0.538.